The first-order chi connectivity index (χ1) is 8.60. The predicted octanol–water partition coefficient (Wildman–Crippen LogP) is 2.37. The molecule has 1 aromatic carbocycles. The van der Waals surface area contributed by atoms with Gasteiger partial charge >= 0.3 is 5.97 Å². The number of rotatable bonds is 4. The molecule has 0 spiro atoms. The van der Waals surface area contributed by atoms with E-state index in [-0.39, 0.29) is 11.6 Å². The molecule has 0 saturated heterocycles. The van der Waals surface area contributed by atoms with Crippen molar-refractivity contribution >= 4 is 17.6 Å². The third-order valence-corrected chi connectivity index (χ3v) is 2.73. The Hall–Kier alpha value is -2.01. The second-order valence-corrected chi connectivity index (χ2v) is 4.01. The molecule has 5 nitrogen and oxygen atoms in total. The lowest BCUT2D eigenvalue weighted by molar-refractivity contribution is -0.136. The number of carboxylic acid groups (broad SMARTS) is 1. The maximum absolute atomic E-state index is 10.6. The van der Waals surface area contributed by atoms with E-state index < -0.39 is 5.97 Å². The van der Waals surface area contributed by atoms with Gasteiger partial charge in [-0.25, -0.2) is 4.98 Å². The number of nitrogens with one attached hydrogen (secondary N) is 1. The summed E-state index contributed by atoms with van der Waals surface area (Å²) < 4.78 is 5.05. The number of ether oxygens (including phenoxy) is 1. The highest BCUT2D eigenvalue weighted by Gasteiger charge is 2.12. The van der Waals surface area contributed by atoms with Gasteiger partial charge in [0, 0.05) is 5.56 Å². The zero-order valence-corrected chi connectivity index (χ0v) is 10.4. The number of hydrogen-bond donors (Lipinski definition) is 2. The molecule has 1 aromatic heterocycles. The van der Waals surface area contributed by atoms with Gasteiger partial charge in [-0.3, -0.25) is 4.79 Å². The molecule has 0 fully saturated rings. The molecule has 0 atom stereocenters. The molecule has 0 aliphatic rings. The van der Waals surface area contributed by atoms with Gasteiger partial charge in [-0.05, 0) is 24.3 Å². The van der Waals surface area contributed by atoms with Crippen molar-refractivity contribution in [3.05, 3.63) is 35.1 Å². The van der Waals surface area contributed by atoms with Crippen LogP contribution in [0.3, 0.4) is 0 Å². The summed E-state index contributed by atoms with van der Waals surface area (Å²) >= 11 is 5.87. The average molecular weight is 267 g/mol. The van der Waals surface area contributed by atoms with Crippen LogP contribution in [0.1, 0.15) is 5.69 Å². The molecular formula is C12H11ClN2O3. The number of carboxylic acids is 1. The maximum atomic E-state index is 10.6. The Morgan fingerprint density at radius 1 is 1.44 bits per heavy atom. The first-order valence-electron chi connectivity index (χ1n) is 5.20. The molecule has 0 bridgehead atoms. The molecule has 0 unspecified atom stereocenters. The normalized spacial score (nSPS) is 10.3. The van der Waals surface area contributed by atoms with Crippen molar-refractivity contribution in [3.8, 4) is 17.1 Å². The van der Waals surface area contributed by atoms with Crippen LogP contribution in [0.25, 0.3) is 11.4 Å². The summed E-state index contributed by atoms with van der Waals surface area (Å²) in [6.45, 7) is 0. The number of carbonyl (C=O) groups is 1. The van der Waals surface area contributed by atoms with Crippen molar-refractivity contribution in [1.29, 1.82) is 0 Å². The molecule has 0 amide bonds. The molecule has 0 aliphatic carbocycles. The molecule has 0 radical (unpaired) electrons. The first kappa shape index (κ1) is 12.4. The van der Waals surface area contributed by atoms with Gasteiger partial charge in [0.2, 0.25) is 0 Å². The van der Waals surface area contributed by atoms with Gasteiger partial charge < -0.3 is 14.8 Å². The summed E-state index contributed by atoms with van der Waals surface area (Å²) in [5.41, 5.74) is 1.21. The molecule has 2 rings (SSSR count). The minimum absolute atomic E-state index is 0.179. The number of H-pyrrole nitrogens is 1. The predicted molar refractivity (Wildman–Crippen MR) is 66.9 cm³/mol. The number of methoxy groups -OCH3 is 1. The van der Waals surface area contributed by atoms with Crippen LogP contribution in [0.5, 0.6) is 5.75 Å². The van der Waals surface area contributed by atoms with Gasteiger partial charge in [-0.1, -0.05) is 11.6 Å². The Labute approximate surface area is 108 Å². The second-order valence-electron chi connectivity index (χ2n) is 3.65. The smallest absolute Gasteiger partial charge is 0.309 e. The molecule has 2 aromatic rings. The summed E-state index contributed by atoms with van der Waals surface area (Å²) in [6, 6.07) is 7.22. The molecule has 6 heteroatoms. The highest BCUT2D eigenvalue weighted by Crippen LogP contribution is 2.23. The topological polar surface area (TPSA) is 75.2 Å². The van der Waals surface area contributed by atoms with Crippen LogP contribution in [-0.2, 0) is 11.2 Å². The number of nitrogens with zero attached hydrogens (tertiary/aromatic N) is 1. The number of hydrogen-bond acceptors (Lipinski definition) is 3. The summed E-state index contributed by atoms with van der Waals surface area (Å²) in [7, 11) is 1.59. The standard InChI is InChI=1S/C12H11ClN2O3/c1-18-8-4-2-7(3-5-8)12-14-9(6-10(16)17)11(13)15-12/h2-5H,6H2,1H3,(H,14,15)(H,16,17). The lowest BCUT2D eigenvalue weighted by Crippen LogP contribution is -2.00. The molecule has 0 saturated carbocycles. The van der Waals surface area contributed by atoms with E-state index in [9.17, 15) is 4.79 Å². The Bertz CT molecular complexity index is 563. The van der Waals surface area contributed by atoms with Crippen molar-refractivity contribution < 1.29 is 14.6 Å². The van der Waals surface area contributed by atoms with Crippen molar-refractivity contribution in [3.63, 3.8) is 0 Å². The minimum atomic E-state index is -0.957. The first-order valence-corrected chi connectivity index (χ1v) is 5.58. The largest absolute Gasteiger partial charge is 0.497 e. The molecule has 1 heterocycles. The second kappa shape index (κ2) is 5.10. The van der Waals surface area contributed by atoms with E-state index in [1.54, 1.807) is 19.2 Å². The van der Waals surface area contributed by atoms with Crippen molar-refractivity contribution in [1.82, 2.24) is 9.97 Å². The number of benzene rings is 1. The Morgan fingerprint density at radius 3 is 2.67 bits per heavy atom. The fourth-order valence-corrected chi connectivity index (χ4v) is 1.74. The van der Waals surface area contributed by atoms with Gasteiger partial charge in [0.15, 0.2) is 5.15 Å². The average Bonchev–Trinajstić information content (AvgIpc) is 2.70. The third-order valence-electron chi connectivity index (χ3n) is 2.42. The molecule has 18 heavy (non-hydrogen) atoms. The summed E-state index contributed by atoms with van der Waals surface area (Å²) in [4.78, 5) is 17.6. The Balaban J connectivity index is 2.30. The van der Waals surface area contributed by atoms with E-state index in [1.165, 1.54) is 0 Å². The molecule has 94 valence electrons. The summed E-state index contributed by atoms with van der Waals surface area (Å²) in [6.07, 6.45) is -0.179. The van der Waals surface area contributed by atoms with E-state index in [4.69, 9.17) is 21.4 Å². The van der Waals surface area contributed by atoms with E-state index in [0.717, 1.165) is 11.3 Å². The van der Waals surface area contributed by atoms with Crippen molar-refractivity contribution in [2.45, 2.75) is 6.42 Å². The highest BCUT2D eigenvalue weighted by atomic mass is 35.5. The van der Waals surface area contributed by atoms with Crippen LogP contribution in [0, 0.1) is 0 Å². The Kier molecular flexibility index (Phi) is 3.53. The summed E-state index contributed by atoms with van der Waals surface area (Å²) in [5.74, 6) is 0.322. The van der Waals surface area contributed by atoms with Crippen LogP contribution < -0.4 is 4.74 Å². The van der Waals surface area contributed by atoms with Crippen LogP contribution in [0.4, 0.5) is 0 Å². The maximum Gasteiger partial charge on any atom is 0.309 e. The van der Waals surface area contributed by atoms with Gasteiger partial charge in [0.1, 0.15) is 11.6 Å². The number of imidazole rings is 1. The molecular weight excluding hydrogens is 256 g/mol. The van der Waals surface area contributed by atoms with Gasteiger partial charge in [0.25, 0.3) is 0 Å². The lowest BCUT2D eigenvalue weighted by atomic mass is 10.2. The monoisotopic (exact) mass is 266 g/mol. The Morgan fingerprint density at radius 2 is 2.11 bits per heavy atom. The van der Waals surface area contributed by atoms with E-state index >= 15 is 0 Å². The SMILES string of the molecule is COc1ccc(-c2nc(Cl)c(CC(=O)O)[nH]2)cc1. The molecule has 0 aliphatic heterocycles. The van der Waals surface area contributed by atoms with Crippen LogP contribution in [0.15, 0.2) is 24.3 Å². The van der Waals surface area contributed by atoms with Crippen molar-refractivity contribution in [2.75, 3.05) is 7.11 Å². The van der Waals surface area contributed by atoms with E-state index in [2.05, 4.69) is 9.97 Å². The highest BCUT2D eigenvalue weighted by molar-refractivity contribution is 6.30. The van der Waals surface area contributed by atoms with Crippen LogP contribution in [-0.4, -0.2) is 28.2 Å². The van der Waals surface area contributed by atoms with Crippen LogP contribution in [0.2, 0.25) is 5.15 Å². The fraction of sp³-hybridized carbons (Fsp3) is 0.167. The number of halogens is 1. The third kappa shape index (κ3) is 2.62. The van der Waals surface area contributed by atoms with E-state index in [0.29, 0.717) is 11.5 Å². The number of aromatic amines is 1. The minimum Gasteiger partial charge on any atom is -0.497 e. The van der Waals surface area contributed by atoms with Crippen LogP contribution >= 0.6 is 11.6 Å². The fourth-order valence-electron chi connectivity index (χ4n) is 1.54. The van der Waals surface area contributed by atoms with Gasteiger partial charge in [-0.15, -0.1) is 0 Å². The number of aromatic nitrogens is 2. The van der Waals surface area contributed by atoms with E-state index in [1.807, 2.05) is 12.1 Å². The zero-order chi connectivity index (χ0) is 13.1. The number of aliphatic carboxylic acids is 1. The van der Waals surface area contributed by atoms with Gasteiger partial charge in [0.05, 0.1) is 19.2 Å². The van der Waals surface area contributed by atoms with Gasteiger partial charge in [-0.2, -0.15) is 0 Å². The molecule has 2 N–H and O–H groups in total. The summed E-state index contributed by atoms with van der Waals surface area (Å²) in [5, 5.41) is 8.90. The van der Waals surface area contributed by atoms with Crippen molar-refractivity contribution in [2.24, 2.45) is 0 Å². The quantitative estimate of drug-likeness (QED) is 0.891. The zero-order valence-electron chi connectivity index (χ0n) is 9.61. The lowest BCUT2D eigenvalue weighted by Gasteiger charge is -2.00.